The summed E-state index contributed by atoms with van der Waals surface area (Å²) in [5.41, 5.74) is 10.5. The molecule has 0 saturated carbocycles. The van der Waals surface area contributed by atoms with Crippen molar-refractivity contribution in [3.05, 3.63) is 248 Å². The van der Waals surface area contributed by atoms with Crippen LogP contribution >= 0.6 is 0 Å². The van der Waals surface area contributed by atoms with E-state index in [1.54, 1.807) is 18.2 Å². The Balaban J connectivity index is 1.09. The van der Waals surface area contributed by atoms with Crippen molar-refractivity contribution < 1.29 is 11.0 Å². The Morgan fingerprint density at radius 1 is 0.323 bits per heavy atom. The number of hydrogen-bond acceptors (Lipinski definition) is 1. The van der Waals surface area contributed by atoms with Gasteiger partial charge in [0, 0.05) is 22.5 Å². The average Bonchev–Trinajstić information content (AvgIpc) is 3.63. The Kier molecular flexibility index (Phi) is 7.31. The zero-order valence-corrected chi connectivity index (χ0v) is 34.3. The monoisotopic (exact) mass is 799 g/mol. The zero-order chi connectivity index (χ0) is 48.6. The molecule has 11 rings (SSSR count). The first kappa shape index (κ1) is 29.5. The first-order valence-electron chi connectivity index (χ1n) is 24.9. The van der Waals surface area contributed by atoms with Crippen LogP contribution in [0, 0.1) is 0 Å². The molecule has 0 fully saturated rings. The van der Waals surface area contributed by atoms with Crippen LogP contribution in [0.1, 0.15) is 35.9 Å². The summed E-state index contributed by atoms with van der Waals surface area (Å²) in [5, 5.41) is 2.17. The minimum absolute atomic E-state index is 0.103. The molecule has 1 aliphatic rings. The number of hydrogen-bond donors (Lipinski definition) is 0. The van der Waals surface area contributed by atoms with Crippen LogP contribution in [0.25, 0.3) is 77.5 Å². The van der Waals surface area contributed by atoms with E-state index in [0.29, 0.717) is 16.8 Å². The Bertz CT molecular complexity index is 3670. The highest BCUT2D eigenvalue weighted by Crippen LogP contribution is 2.52. The molecule has 0 amide bonds. The van der Waals surface area contributed by atoms with Crippen LogP contribution in [0.2, 0.25) is 0 Å². The van der Waals surface area contributed by atoms with Gasteiger partial charge >= 0.3 is 0 Å². The number of anilines is 3. The maximum atomic E-state index is 9.79. The number of benzene rings is 10. The zero-order valence-electron chi connectivity index (χ0n) is 42.3. The molecule has 0 heterocycles. The van der Waals surface area contributed by atoms with Gasteiger partial charge in [0.2, 0.25) is 0 Å². The molecule has 0 N–H and O–H groups in total. The minimum Gasteiger partial charge on any atom is -0.311 e. The minimum atomic E-state index is -0.509. The van der Waals surface area contributed by atoms with Crippen molar-refractivity contribution in [3.8, 4) is 66.8 Å². The van der Waals surface area contributed by atoms with Gasteiger partial charge in [-0.1, -0.05) is 196 Å². The van der Waals surface area contributed by atoms with Crippen LogP contribution in [-0.4, -0.2) is 0 Å². The van der Waals surface area contributed by atoms with E-state index < -0.39 is 17.5 Å². The fourth-order valence-electron chi connectivity index (χ4n) is 9.08. The maximum Gasteiger partial charge on any atom is 0.0645 e. The molecule has 0 atom stereocenters. The van der Waals surface area contributed by atoms with Crippen molar-refractivity contribution in [1.29, 1.82) is 0 Å². The summed E-state index contributed by atoms with van der Waals surface area (Å²) in [6, 6.07) is 58.4. The highest BCUT2D eigenvalue weighted by Gasteiger charge is 2.37. The molecule has 1 aliphatic carbocycles. The average molecular weight is 800 g/mol. The Morgan fingerprint density at radius 2 is 0.790 bits per heavy atom. The molecule has 62 heavy (non-hydrogen) atoms. The van der Waals surface area contributed by atoms with Crippen molar-refractivity contribution >= 4 is 27.8 Å². The van der Waals surface area contributed by atoms with Gasteiger partial charge in [-0.2, -0.15) is 0 Å². The van der Waals surface area contributed by atoms with Gasteiger partial charge in [0.05, 0.1) is 11.0 Å². The standard InChI is InChI=1S/C61H45N/c1-61(2)59-24-9-8-21-57(59)58-23-12-22-56(60(58)61)46-31-37-55(38-32-46)62(53-33-27-44(28-34-53)49-18-10-17-48(39-49)42-13-4-3-5-14-42)54-35-29-45(30-36-54)50-19-11-20-51(40-50)52-26-25-43-15-6-7-16-47(43)41-52/h3-41H,1-2H3/i29D,30D,31D,32D,35D,36D,37D,38D. The van der Waals surface area contributed by atoms with Crippen molar-refractivity contribution in [2.24, 2.45) is 0 Å². The summed E-state index contributed by atoms with van der Waals surface area (Å²) in [7, 11) is 0. The molecule has 1 nitrogen and oxygen atoms in total. The van der Waals surface area contributed by atoms with Gasteiger partial charge in [0.25, 0.3) is 0 Å². The largest absolute Gasteiger partial charge is 0.311 e. The second-order valence-corrected chi connectivity index (χ2v) is 16.3. The summed E-state index contributed by atoms with van der Waals surface area (Å²) in [6.07, 6.45) is 0. The van der Waals surface area contributed by atoms with E-state index in [1.165, 1.54) is 4.90 Å². The number of fused-ring (bicyclic) bond motifs is 4. The molecule has 10 aromatic rings. The second-order valence-electron chi connectivity index (χ2n) is 16.3. The first-order valence-corrected chi connectivity index (χ1v) is 20.9. The van der Waals surface area contributed by atoms with Crippen LogP contribution in [0.3, 0.4) is 0 Å². The van der Waals surface area contributed by atoms with Gasteiger partial charge in [-0.25, -0.2) is 0 Å². The summed E-state index contributed by atoms with van der Waals surface area (Å²) in [4.78, 5) is 1.37. The summed E-state index contributed by atoms with van der Waals surface area (Å²) in [5.74, 6) is 0. The van der Waals surface area contributed by atoms with Gasteiger partial charge in [-0.05, 0) is 143 Å². The Labute approximate surface area is 376 Å². The third kappa shape index (κ3) is 6.69. The van der Waals surface area contributed by atoms with E-state index in [-0.39, 0.29) is 58.8 Å². The molecule has 0 aliphatic heterocycles. The molecular formula is C61H45N. The summed E-state index contributed by atoms with van der Waals surface area (Å²) < 4.78 is 77.6. The van der Waals surface area contributed by atoms with Crippen LogP contribution in [-0.2, 0) is 5.41 Å². The molecule has 0 spiro atoms. The molecule has 294 valence electrons. The fourth-order valence-corrected chi connectivity index (χ4v) is 9.08. The van der Waals surface area contributed by atoms with Crippen molar-refractivity contribution in [3.63, 3.8) is 0 Å². The highest BCUT2D eigenvalue weighted by atomic mass is 15.1. The number of nitrogens with zero attached hydrogens (tertiary/aromatic N) is 1. The molecule has 1 heteroatoms. The molecule has 10 aromatic carbocycles. The van der Waals surface area contributed by atoms with Gasteiger partial charge in [0.1, 0.15) is 0 Å². The smallest absolute Gasteiger partial charge is 0.0645 e. The van der Waals surface area contributed by atoms with Crippen molar-refractivity contribution in [1.82, 2.24) is 0 Å². The third-order valence-corrected chi connectivity index (χ3v) is 12.2. The predicted molar refractivity (Wildman–Crippen MR) is 263 cm³/mol. The van der Waals surface area contributed by atoms with Crippen molar-refractivity contribution in [2.45, 2.75) is 19.3 Å². The highest BCUT2D eigenvalue weighted by molar-refractivity contribution is 5.90. The molecule has 0 unspecified atom stereocenters. The van der Waals surface area contributed by atoms with Gasteiger partial charge in [-0.3, -0.25) is 0 Å². The quantitative estimate of drug-likeness (QED) is 0.148. The topological polar surface area (TPSA) is 3.24 Å². The lowest BCUT2D eigenvalue weighted by atomic mass is 9.79. The Hall–Kier alpha value is -7.74. The molecule has 0 saturated heterocycles. The first-order chi connectivity index (χ1) is 33.8. The van der Waals surface area contributed by atoms with Crippen molar-refractivity contribution in [2.75, 3.05) is 4.90 Å². The fraction of sp³-hybridized carbons (Fsp3) is 0.0492. The second kappa shape index (κ2) is 15.4. The molecule has 0 radical (unpaired) electrons. The molecule has 0 bridgehead atoms. The van der Waals surface area contributed by atoms with E-state index in [4.69, 9.17) is 0 Å². The van der Waals surface area contributed by atoms with Gasteiger partial charge in [-0.15, -0.1) is 0 Å². The molecular weight excluding hydrogens is 747 g/mol. The van der Waals surface area contributed by atoms with Crippen LogP contribution in [0.15, 0.2) is 236 Å². The normalized spacial score (nSPS) is 14.3. The lowest BCUT2D eigenvalue weighted by Crippen LogP contribution is -2.16. The predicted octanol–water partition coefficient (Wildman–Crippen LogP) is 17.0. The molecule has 0 aromatic heterocycles. The van der Waals surface area contributed by atoms with Gasteiger partial charge in [0.15, 0.2) is 0 Å². The van der Waals surface area contributed by atoms with E-state index in [2.05, 4.69) is 68.4 Å². The van der Waals surface area contributed by atoms with Crippen LogP contribution in [0.4, 0.5) is 17.1 Å². The van der Waals surface area contributed by atoms with E-state index in [0.717, 1.165) is 66.4 Å². The lowest BCUT2D eigenvalue weighted by molar-refractivity contribution is 0.662. The van der Waals surface area contributed by atoms with Gasteiger partial charge < -0.3 is 4.90 Å². The summed E-state index contributed by atoms with van der Waals surface area (Å²) in [6.45, 7) is 4.22. The Morgan fingerprint density at radius 3 is 1.48 bits per heavy atom. The van der Waals surface area contributed by atoms with E-state index >= 15 is 0 Å². The van der Waals surface area contributed by atoms with Crippen LogP contribution < -0.4 is 4.90 Å². The van der Waals surface area contributed by atoms with Crippen LogP contribution in [0.5, 0.6) is 0 Å². The SMILES string of the molecule is [2H]c1c([2H])c(N(c2ccc(-c3cccc(-c4ccccc4)c3)cc2)c2c([2H])c([2H])c(-c3cccc4c3C(C)(C)c3ccccc3-4)c([2H])c2[2H])c([2H])c([2H])c1-c1cccc(-c2ccc3ccccc3c2)c1. The number of rotatable bonds is 8. The summed E-state index contributed by atoms with van der Waals surface area (Å²) >= 11 is 0. The van der Waals surface area contributed by atoms with E-state index in [9.17, 15) is 11.0 Å². The van der Waals surface area contributed by atoms with E-state index in [1.807, 2.05) is 115 Å². The third-order valence-electron chi connectivity index (χ3n) is 12.2. The maximum absolute atomic E-state index is 9.79. The lowest BCUT2D eigenvalue weighted by Gasteiger charge is -2.27.